The van der Waals surface area contributed by atoms with Gasteiger partial charge in [0.05, 0.1) is 6.20 Å². The number of hydrogen-bond donors (Lipinski definition) is 2. The molecule has 0 aromatic carbocycles. The van der Waals surface area contributed by atoms with Crippen LogP contribution < -0.4 is 4.72 Å². The van der Waals surface area contributed by atoms with Crippen molar-refractivity contribution in [3.05, 3.63) is 12.4 Å². The van der Waals surface area contributed by atoms with Crippen molar-refractivity contribution in [2.75, 3.05) is 19.6 Å². The van der Waals surface area contributed by atoms with Crippen LogP contribution >= 0.6 is 0 Å². The second-order valence-electron chi connectivity index (χ2n) is 4.21. The van der Waals surface area contributed by atoms with E-state index in [0.29, 0.717) is 12.6 Å². The van der Waals surface area contributed by atoms with Gasteiger partial charge in [-0.1, -0.05) is 6.92 Å². The van der Waals surface area contributed by atoms with E-state index in [1.54, 1.807) is 0 Å². The maximum absolute atomic E-state index is 11.9. The van der Waals surface area contributed by atoms with Crippen molar-refractivity contribution in [1.29, 1.82) is 0 Å². The number of aromatic amines is 1. The van der Waals surface area contributed by atoms with Gasteiger partial charge in [0.1, 0.15) is 4.90 Å². The van der Waals surface area contributed by atoms with Crippen LogP contribution in [0.1, 0.15) is 19.8 Å². The van der Waals surface area contributed by atoms with E-state index < -0.39 is 10.0 Å². The zero-order valence-electron chi connectivity index (χ0n) is 9.89. The average Bonchev–Trinajstić information content (AvgIpc) is 2.97. The molecule has 0 spiro atoms. The van der Waals surface area contributed by atoms with Gasteiger partial charge in [-0.15, -0.1) is 0 Å². The van der Waals surface area contributed by atoms with E-state index in [2.05, 4.69) is 26.7 Å². The number of H-pyrrole nitrogens is 1. The molecule has 1 aromatic heterocycles. The van der Waals surface area contributed by atoms with Crippen LogP contribution in [0.3, 0.4) is 0 Å². The van der Waals surface area contributed by atoms with Gasteiger partial charge in [0, 0.05) is 18.8 Å². The lowest BCUT2D eigenvalue weighted by molar-refractivity contribution is 0.268. The summed E-state index contributed by atoms with van der Waals surface area (Å²) in [5, 5.41) is 6.15. The van der Waals surface area contributed by atoms with Crippen molar-refractivity contribution in [1.82, 2.24) is 19.8 Å². The van der Waals surface area contributed by atoms with E-state index in [9.17, 15) is 8.42 Å². The van der Waals surface area contributed by atoms with Gasteiger partial charge in [-0.05, 0) is 25.9 Å². The lowest BCUT2D eigenvalue weighted by Crippen LogP contribution is -2.39. The third kappa shape index (κ3) is 2.85. The largest absolute Gasteiger partial charge is 0.299 e. The monoisotopic (exact) mass is 258 g/mol. The Morgan fingerprint density at radius 2 is 2.47 bits per heavy atom. The highest BCUT2D eigenvalue weighted by molar-refractivity contribution is 7.89. The third-order valence-corrected chi connectivity index (χ3v) is 4.59. The molecule has 0 aliphatic carbocycles. The smallest absolute Gasteiger partial charge is 0.243 e. The van der Waals surface area contributed by atoms with Crippen LogP contribution in [-0.4, -0.2) is 49.2 Å². The molecule has 1 saturated heterocycles. The highest BCUT2D eigenvalue weighted by atomic mass is 32.2. The molecule has 1 atom stereocenters. The van der Waals surface area contributed by atoms with Crippen molar-refractivity contribution >= 4 is 10.0 Å². The maximum atomic E-state index is 11.9. The first kappa shape index (κ1) is 12.5. The zero-order valence-corrected chi connectivity index (χ0v) is 10.7. The summed E-state index contributed by atoms with van der Waals surface area (Å²) >= 11 is 0. The van der Waals surface area contributed by atoms with Crippen LogP contribution in [0.2, 0.25) is 0 Å². The van der Waals surface area contributed by atoms with Gasteiger partial charge in [-0.25, -0.2) is 13.1 Å². The summed E-state index contributed by atoms with van der Waals surface area (Å²) in [7, 11) is -3.41. The first-order valence-corrected chi connectivity index (χ1v) is 7.34. The van der Waals surface area contributed by atoms with Gasteiger partial charge in [-0.2, -0.15) is 5.10 Å². The van der Waals surface area contributed by atoms with E-state index in [-0.39, 0.29) is 4.90 Å². The summed E-state index contributed by atoms with van der Waals surface area (Å²) in [4.78, 5) is 2.50. The quantitative estimate of drug-likeness (QED) is 0.789. The predicted octanol–water partition coefficient (Wildman–Crippen LogP) is 0.172. The lowest BCUT2D eigenvalue weighted by atomic mass is 10.2. The second-order valence-corrected chi connectivity index (χ2v) is 5.98. The molecule has 1 aromatic rings. The van der Waals surface area contributed by atoms with Gasteiger partial charge in [0.25, 0.3) is 0 Å². The van der Waals surface area contributed by atoms with Crippen molar-refractivity contribution in [2.45, 2.75) is 30.7 Å². The van der Waals surface area contributed by atoms with Crippen molar-refractivity contribution < 1.29 is 8.42 Å². The fraction of sp³-hybridized carbons (Fsp3) is 0.700. The fourth-order valence-electron chi connectivity index (χ4n) is 2.22. The molecule has 6 nitrogen and oxygen atoms in total. The molecule has 2 heterocycles. The first-order valence-electron chi connectivity index (χ1n) is 5.86. The normalized spacial score (nSPS) is 22.1. The number of rotatable bonds is 5. The summed E-state index contributed by atoms with van der Waals surface area (Å²) in [5.74, 6) is 0. The third-order valence-electron chi connectivity index (χ3n) is 3.20. The molecular formula is C10H18N4O2S. The van der Waals surface area contributed by atoms with E-state index in [4.69, 9.17) is 0 Å². The second kappa shape index (κ2) is 5.16. The molecule has 2 N–H and O–H groups in total. The number of hydrogen-bond acceptors (Lipinski definition) is 4. The zero-order chi connectivity index (χ0) is 12.3. The summed E-state index contributed by atoms with van der Waals surface area (Å²) < 4.78 is 26.3. The molecule has 0 radical (unpaired) electrons. The highest BCUT2D eigenvalue weighted by Crippen LogP contribution is 2.16. The van der Waals surface area contributed by atoms with Gasteiger partial charge >= 0.3 is 0 Å². The molecule has 2 rings (SSSR count). The van der Waals surface area contributed by atoms with Crippen molar-refractivity contribution in [2.24, 2.45) is 0 Å². The Bertz CT molecular complexity index is 443. The highest BCUT2D eigenvalue weighted by Gasteiger charge is 2.25. The van der Waals surface area contributed by atoms with Gasteiger partial charge in [0.15, 0.2) is 0 Å². The Hall–Kier alpha value is -0.920. The minimum atomic E-state index is -3.41. The molecule has 1 aliphatic rings. The van der Waals surface area contributed by atoms with E-state index in [0.717, 1.165) is 25.9 Å². The number of aromatic nitrogens is 2. The lowest BCUT2D eigenvalue weighted by Gasteiger charge is -2.22. The summed E-state index contributed by atoms with van der Waals surface area (Å²) in [6.07, 6.45) is 4.90. The van der Waals surface area contributed by atoms with Crippen molar-refractivity contribution in [3.63, 3.8) is 0 Å². The van der Waals surface area contributed by atoms with Gasteiger partial charge in [-0.3, -0.25) is 10.00 Å². The Morgan fingerprint density at radius 3 is 3.12 bits per heavy atom. The topological polar surface area (TPSA) is 78.1 Å². The Kier molecular flexibility index (Phi) is 3.80. The number of likely N-dealkylation sites (tertiary alicyclic amines) is 1. The van der Waals surface area contributed by atoms with Gasteiger partial charge < -0.3 is 0 Å². The molecular weight excluding hydrogens is 240 g/mol. The summed E-state index contributed by atoms with van der Waals surface area (Å²) in [6, 6.07) is 0.321. The molecule has 0 saturated carbocycles. The number of likely N-dealkylation sites (N-methyl/N-ethyl adjacent to an activating group) is 1. The standard InChI is InChI=1S/C10H18N4O2S/c1-2-14-5-3-4-9(14)6-13-17(15,16)10-7-11-12-8-10/h7-9,13H,2-6H2,1H3,(H,11,12). The Morgan fingerprint density at radius 1 is 1.65 bits per heavy atom. The molecule has 1 aliphatic heterocycles. The summed E-state index contributed by atoms with van der Waals surface area (Å²) in [5.41, 5.74) is 0. The number of nitrogens with one attached hydrogen (secondary N) is 2. The minimum absolute atomic E-state index is 0.193. The van der Waals surface area contributed by atoms with Crippen LogP contribution in [-0.2, 0) is 10.0 Å². The van der Waals surface area contributed by atoms with E-state index in [1.807, 2.05) is 0 Å². The first-order chi connectivity index (χ1) is 8.13. The number of sulfonamides is 1. The molecule has 0 bridgehead atoms. The Balaban J connectivity index is 1.94. The molecule has 1 fully saturated rings. The molecule has 0 amide bonds. The average molecular weight is 258 g/mol. The fourth-order valence-corrected chi connectivity index (χ4v) is 3.20. The molecule has 1 unspecified atom stereocenters. The van der Waals surface area contributed by atoms with Crippen LogP contribution in [0.15, 0.2) is 17.3 Å². The van der Waals surface area contributed by atoms with E-state index in [1.165, 1.54) is 12.4 Å². The Labute approximate surface area is 101 Å². The van der Waals surface area contributed by atoms with Crippen LogP contribution in [0.4, 0.5) is 0 Å². The summed E-state index contributed by atoms with van der Waals surface area (Å²) in [6.45, 7) is 4.61. The van der Waals surface area contributed by atoms with Crippen molar-refractivity contribution in [3.8, 4) is 0 Å². The maximum Gasteiger partial charge on any atom is 0.243 e. The van der Waals surface area contributed by atoms with Crippen LogP contribution in [0, 0.1) is 0 Å². The molecule has 7 heteroatoms. The predicted molar refractivity (Wildman–Crippen MR) is 64.0 cm³/mol. The van der Waals surface area contributed by atoms with Gasteiger partial charge in [0.2, 0.25) is 10.0 Å². The SMILES string of the molecule is CCN1CCCC1CNS(=O)(=O)c1cn[nH]c1. The minimum Gasteiger partial charge on any atom is -0.299 e. The number of nitrogens with zero attached hydrogens (tertiary/aromatic N) is 2. The van der Waals surface area contributed by atoms with Crippen LogP contribution in [0.25, 0.3) is 0 Å². The van der Waals surface area contributed by atoms with E-state index >= 15 is 0 Å². The van der Waals surface area contributed by atoms with Crippen LogP contribution in [0.5, 0.6) is 0 Å². The molecule has 17 heavy (non-hydrogen) atoms. The molecule has 96 valence electrons.